The zero-order valence-corrected chi connectivity index (χ0v) is 31.8. The van der Waals surface area contributed by atoms with Crippen molar-refractivity contribution in [2.75, 3.05) is 42.5 Å². The molecule has 258 valence electrons. The molecule has 2 aliphatic carbocycles. The summed E-state index contributed by atoms with van der Waals surface area (Å²) in [4.78, 5) is 5.25. The van der Waals surface area contributed by atoms with E-state index in [4.69, 9.17) is 4.74 Å². The van der Waals surface area contributed by atoms with E-state index in [9.17, 15) is 0 Å². The Kier molecular flexibility index (Phi) is 8.23. The molecule has 3 nitrogen and oxygen atoms in total. The van der Waals surface area contributed by atoms with Gasteiger partial charge in [-0.15, -0.1) is 0 Å². The van der Waals surface area contributed by atoms with Gasteiger partial charge < -0.3 is 14.5 Å². The van der Waals surface area contributed by atoms with Gasteiger partial charge in [0.2, 0.25) is 0 Å². The molecule has 0 amide bonds. The molecule has 4 aliphatic rings. The molecule has 4 aromatic carbocycles. The van der Waals surface area contributed by atoms with Crippen LogP contribution in [0.1, 0.15) is 125 Å². The normalized spacial score (nSPS) is 26.4. The number of benzene rings is 4. The minimum Gasteiger partial charge on any atom is -0.376 e. The van der Waals surface area contributed by atoms with Crippen LogP contribution in [0.3, 0.4) is 0 Å². The van der Waals surface area contributed by atoms with Crippen molar-refractivity contribution in [3.05, 3.63) is 129 Å². The second-order valence-electron chi connectivity index (χ2n) is 16.7. The maximum atomic E-state index is 6.11. The van der Waals surface area contributed by atoms with Crippen molar-refractivity contribution in [1.82, 2.24) is 0 Å². The number of hydrogen-bond donors (Lipinski definition) is 0. The van der Waals surface area contributed by atoms with Crippen LogP contribution in [-0.4, -0.2) is 38.3 Å². The molecule has 6 unspecified atom stereocenters. The Morgan fingerprint density at radius 1 is 0.592 bits per heavy atom. The third-order valence-corrected chi connectivity index (χ3v) is 17.0. The van der Waals surface area contributed by atoms with Crippen LogP contribution >= 0.6 is 10.0 Å². The molecule has 2 heterocycles. The Bertz CT molecular complexity index is 1760. The maximum absolute atomic E-state index is 6.11. The lowest BCUT2D eigenvalue weighted by Crippen LogP contribution is -2.27. The quantitative estimate of drug-likeness (QED) is 0.165. The minimum atomic E-state index is -1.29. The first-order valence-electron chi connectivity index (χ1n) is 18.7. The van der Waals surface area contributed by atoms with Crippen LogP contribution in [-0.2, 0) is 4.74 Å². The van der Waals surface area contributed by atoms with Crippen LogP contribution in [0.5, 0.6) is 0 Å². The summed E-state index contributed by atoms with van der Waals surface area (Å²) in [7, 11) is 3.43. The van der Waals surface area contributed by atoms with Gasteiger partial charge in [-0.2, -0.15) is 0 Å². The first-order valence-corrected chi connectivity index (χ1v) is 21.1. The number of unbranched alkanes of at least 4 members (excludes halogenated alkanes) is 3. The molecular weight excluding hydrogens is 617 g/mol. The molecule has 4 aromatic rings. The number of likely N-dealkylation sites (N-methyl/N-ethyl adjacent to an activating group) is 2. The number of anilines is 2. The highest BCUT2D eigenvalue weighted by molar-refractivity contribution is 8.33. The lowest BCUT2D eigenvalue weighted by atomic mass is 9.93. The van der Waals surface area contributed by atoms with Crippen molar-refractivity contribution in [1.29, 1.82) is 0 Å². The largest absolute Gasteiger partial charge is 0.376 e. The third-order valence-electron chi connectivity index (χ3n) is 12.4. The topological polar surface area (TPSA) is 15.7 Å². The molecule has 2 aliphatic heterocycles. The van der Waals surface area contributed by atoms with E-state index >= 15 is 0 Å². The fourth-order valence-corrected chi connectivity index (χ4v) is 15.7. The van der Waals surface area contributed by atoms with E-state index in [1.807, 2.05) is 0 Å². The fraction of sp³-hybridized carbons (Fsp3) is 0.467. The van der Waals surface area contributed by atoms with Crippen LogP contribution in [0.4, 0.5) is 11.4 Å². The first-order chi connectivity index (χ1) is 23.5. The van der Waals surface area contributed by atoms with Crippen LogP contribution in [0.2, 0.25) is 0 Å². The number of rotatable bonds is 9. The van der Waals surface area contributed by atoms with E-state index in [1.54, 1.807) is 33.4 Å². The van der Waals surface area contributed by atoms with Crippen molar-refractivity contribution < 1.29 is 4.74 Å². The summed E-state index contributed by atoms with van der Waals surface area (Å²) in [6.07, 6.45) is 7.74. The zero-order chi connectivity index (χ0) is 34.2. The van der Waals surface area contributed by atoms with Gasteiger partial charge in [0.25, 0.3) is 0 Å². The molecule has 0 aromatic heterocycles. The van der Waals surface area contributed by atoms with Crippen LogP contribution in [0, 0.1) is 13.8 Å². The molecule has 0 saturated heterocycles. The highest BCUT2D eigenvalue weighted by Gasteiger charge is 2.60. The molecule has 8 rings (SSSR count). The van der Waals surface area contributed by atoms with E-state index in [1.165, 1.54) is 47.5 Å². The summed E-state index contributed by atoms with van der Waals surface area (Å²) < 4.78 is 6.11. The van der Waals surface area contributed by atoms with Crippen molar-refractivity contribution in [2.45, 2.75) is 100 Å². The van der Waals surface area contributed by atoms with E-state index in [0.717, 1.165) is 13.0 Å². The number of aryl methyl sites for hydroxylation is 2. The average Bonchev–Trinajstić information content (AvgIpc) is 3.76. The summed E-state index contributed by atoms with van der Waals surface area (Å²) in [5, 5.41) is 0.999. The molecule has 0 N–H and O–H groups in total. The van der Waals surface area contributed by atoms with Gasteiger partial charge >= 0.3 is 0 Å². The maximum Gasteiger partial charge on any atom is 0.0625 e. The summed E-state index contributed by atoms with van der Waals surface area (Å²) in [5.74, 6) is 2.24. The highest BCUT2D eigenvalue weighted by atomic mass is 32.3. The van der Waals surface area contributed by atoms with Gasteiger partial charge in [0.1, 0.15) is 0 Å². The SMILES string of the molecule is Cc1ccc2c(c1)C1C(c3ccccc3C1S(C)(CCCCCCOC(C)(C)C)C1c3ccccc3C3C1c1cc(C)ccc1N3C)N2C. The van der Waals surface area contributed by atoms with Gasteiger partial charge in [-0.25, -0.2) is 10.0 Å². The molecular formula is C45H56N2OS. The van der Waals surface area contributed by atoms with Crippen molar-refractivity contribution in [2.24, 2.45) is 0 Å². The standard InChI is InChI=1S/C45H56N2OS/c1-29-21-23-37-35(27-29)39-41(46(37)6)31-17-11-13-19-33(31)43(39)49(8,26-16-10-9-15-25-48-45(3,4)5)44-34-20-14-12-18-32(34)42-40(44)36-28-30(2)22-24-38(36)47(42)7/h11-14,17-24,27-28,39-44H,9-10,15-16,25-26H2,1-8H3. The van der Waals surface area contributed by atoms with Gasteiger partial charge in [0, 0.05) is 54.4 Å². The molecule has 0 radical (unpaired) electrons. The lowest BCUT2D eigenvalue weighted by Gasteiger charge is -2.52. The van der Waals surface area contributed by atoms with Crippen LogP contribution in [0.15, 0.2) is 84.9 Å². The molecule has 0 bridgehead atoms. The van der Waals surface area contributed by atoms with Crippen LogP contribution in [0.25, 0.3) is 0 Å². The minimum absolute atomic E-state index is 0.0618. The Morgan fingerprint density at radius 2 is 1.04 bits per heavy atom. The molecule has 0 spiro atoms. The number of nitrogens with zero attached hydrogens (tertiary/aromatic N) is 2. The number of hydrogen-bond acceptors (Lipinski definition) is 3. The predicted octanol–water partition coefficient (Wildman–Crippen LogP) is 11.5. The molecule has 0 fully saturated rings. The molecule has 0 saturated carbocycles. The van der Waals surface area contributed by atoms with E-state index in [2.05, 4.69) is 150 Å². The van der Waals surface area contributed by atoms with E-state index in [0.29, 0.717) is 34.4 Å². The van der Waals surface area contributed by atoms with Gasteiger partial charge in [0.15, 0.2) is 0 Å². The second kappa shape index (κ2) is 12.2. The van der Waals surface area contributed by atoms with Gasteiger partial charge in [-0.05, 0) is 105 Å². The van der Waals surface area contributed by atoms with Crippen molar-refractivity contribution in [3.63, 3.8) is 0 Å². The average molecular weight is 673 g/mol. The predicted molar refractivity (Wildman–Crippen MR) is 211 cm³/mol. The third kappa shape index (κ3) is 5.27. The Morgan fingerprint density at radius 3 is 1.51 bits per heavy atom. The summed E-state index contributed by atoms with van der Waals surface area (Å²) >= 11 is 0. The van der Waals surface area contributed by atoms with Crippen molar-refractivity contribution >= 4 is 21.4 Å². The Balaban J connectivity index is 1.26. The summed E-state index contributed by atoms with van der Waals surface area (Å²) in [5.41, 5.74) is 15.1. The number of fused-ring (bicyclic) bond motifs is 10. The van der Waals surface area contributed by atoms with Gasteiger partial charge in [-0.3, -0.25) is 0 Å². The lowest BCUT2D eigenvalue weighted by molar-refractivity contribution is -0.00470. The van der Waals surface area contributed by atoms with Crippen molar-refractivity contribution in [3.8, 4) is 0 Å². The summed E-state index contributed by atoms with van der Waals surface area (Å²) in [6, 6.07) is 34.5. The Labute approximate surface area is 297 Å². The van der Waals surface area contributed by atoms with E-state index < -0.39 is 10.0 Å². The van der Waals surface area contributed by atoms with Gasteiger partial charge in [-0.1, -0.05) is 96.8 Å². The highest BCUT2D eigenvalue weighted by Crippen LogP contribution is 2.82. The smallest absolute Gasteiger partial charge is 0.0625 e. The Hall–Kier alpha value is -3.21. The molecule has 49 heavy (non-hydrogen) atoms. The molecule has 4 heteroatoms. The first kappa shape index (κ1) is 33.0. The second-order valence-corrected chi connectivity index (χ2v) is 20.6. The van der Waals surface area contributed by atoms with Crippen LogP contribution < -0.4 is 9.80 Å². The monoisotopic (exact) mass is 672 g/mol. The fourth-order valence-electron chi connectivity index (χ4n) is 10.5. The zero-order valence-electron chi connectivity index (χ0n) is 31.0. The van der Waals surface area contributed by atoms with Gasteiger partial charge in [0.05, 0.1) is 17.7 Å². The molecule has 6 atom stereocenters. The summed E-state index contributed by atoms with van der Waals surface area (Å²) in [6.45, 7) is 11.9. The number of ether oxygens (including phenoxy) is 1. The van der Waals surface area contributed by atoms with E-state index in [-0.39, 0.29) is 5.60 Å².